The maximum Gasteiger partial charge on any atom is 0.236 e. The molecule has 2 aliphatic carbocycles. The van der Waals surface area contributed by atoms with Gasteiger partial charge in [-0.05, 0) is 18.3 Å². The molecule has 1 saturated carbocycles. The minimum absolute atomic E-state index is 0.189. The van der Waals surface area contributed by atoms with Crippen LogP contribution in [0.4, 0.5) is 4.79 Å². The van der Waals surface area contributed by atoms with Gasteiger partial charge in [0, 0.05) is 5.57 Å². The highest BCUT2D eigenvalue weighted by Crippen LogP contribution is 2.44. The van der Waals surface area contributed by atoms with E-state index in [1.54, 1.807) is 6.08 Å². The molecule has 0 heterocycles. The molecule has 4 heteroatoms. The normalized spacial score (nSPS) is 27.6. The maximum atomic E-state index is 11.4. The fourth-order valence-electron chi connectivity index (χ4n) is 1.57. The second-order valence-corrected chi connectivity index (χ2v) is 3.58. The summed E-state index contributed by atoms with van der Waals surface area (Å²) in [6.07, 6.45) is 6.89. The van der Waals surface area contributed by atoms with Gasteiger partial charge < -0.3 is 4.74 Å². The number of hydrogen-bond donors (Lipinski definition) is 0. The number of ketones is 1. The second-order valence-electron chi connectivity index (χ2n) is 3.58. The summed E-state index contributed by atoms with van der Waals surface area (Å²) in [5.41, 5.74) is 0.630. The van der Waals surface area contributed by atoms with E-state index in [0.717, 1.165) is 6.42 Å². The lowest BCUT2D eigenvalue weighted by Crippen LogP contribution is -2.14. The van der Waals surface area contributed by atoms with Gasteiger partial charge in [0.2, 0.25) is 13.7 Å². The third-order valence-electron chi connectivity index (χ3n) is 2.48. The Bertz CT molecular complexity index is 343. The van der Waals surface area contributed by atoms with Crippen molar-refractivity contribution in [1.29, 1.82) is 0 Å². The summed E-state index contributed by atoms with van der Waals surface area (Å²) in [7, 11) is 4.75. The van der Waals surface area contributed by atoms with Gasteiger partial charge in [0.25, 0.3) is 0 Å². The predicted molar refractivity (Wildman–Crippen MR) is 50.9 cm³/mol. The van der Waals surface area contributed by atoms with Crippen LogP contribution < -0.4 is 0 Å². The SMILES string of the molecule is [B]C(=O)OCC(=O)C1=CC2CC2C=C1. The topological polar surface area (TPSA) is 43.4 Å². The lowest BCUT2D eigenvalue weighted by molar-refractivity contribution is -0.117. The predicted octanol–water partition coefficient (Wildman–Crippen LogP) is 0.993. The van der Waals surface area contributed by atoms with Crippen molar-refractivity contribution in [2.24, 2.45) is 11.8 Å². The van der Waals surface area contributed by atoms with Gasteiger partial charge in [0.15, 0.2) is 12.4 Å². The van der Waals surface area contributed by atoms with Crippen molar-refractivity contribution in [2.75, 3.05) is 6.61 Å². The number of ether oxygens (including phenoxy) is 1. The van der Waals surface area contributed by atoms with Crippen LogP contribution in [-0.2, 0) is 9.53 Å². The molecular weight excluding hydrogens is 179 g/mol. The van der Waals surface area contributed by atoms with Crippen molar-refractivity contribution < 1.29 is 14.3 Å². The van der Waals surface area contributed by atoms with E-state index in [9.17, 15) is 9.59 Å². The number of carbonyl (C=O) groups excluding carboxylic acids is 2. The van der Waals surface area contributed by atoms with Crippen LogP contribution in [0.1, 0.15) is 6.42 Å². The largest absolute Gasteiger partial charge is 0.466 e. The van der Waals surface area contributed by atoms with E-state index in [2.05, 4.69) is 4.74 Å². The number of carbonyl (C=O) groups is 2. The molecule has 0 amide bonds. The fraction of sp³-hybridized carbons (Fsp3) is 0.400. The molecule has 70 valence electrons. The first kappa shape index (κ1) is 9.25. The highest BCUT2D eigenvalue weighted by Gasteiger charge is 2.35. The quantitative estimate of drug-likeness (QED) is 0.620. The Labute approximate surface area is 83.2 Å². The molecule has 2 rings (SSSR count). The lowest BCUT2D eigenvalue weighted by atomic mass is 10.0. The van der Waals surface area contributed by atoms with E-state index in [4.69, 9.17) is 7.85 Å². The van der Waals surface area contributed by atoms with E-state index in [0.29, 0.717) is 17.4 Å². The molecule has 0 aromatic rings. The molecular formula is C10H9BO3. The molecule has 0 aromatic carbocycles. The van der Waals surface area contributed by atoms with Crippen LogP contribution in [0, 0.1) is 11.8 Å². The van der Waals surface area contributed by atoms with Gasteiger partial charge in [-0.1, -0.05) is 18.2 Å². The van der Waals surface area contributed by atoms with Crippen molar-refractivity contribution in [2.45, 2.75) is 6.42 Å². The van der Waals surface area contributed by atoms with Crippen molar-refractivity contribution in [3.05, 3.63) is 23.8 Å². The number of fused-ring (bicyclic) bond motifs is 1. The Morgan fingerprint density at radius 1 is 1.50 bits per heavy atom. The Morgan fingerprint density at radius 3 is 2.93 bits per heavy atom. The monoisotopic (exact) mass is 188 g/mol. The van der Waals surface area contributed by atoms with Gasteiger partial charge in [-0.25, -0.2) is 0 Å². The van der Waals surface area contributed by atoms with E-state index in [1.165, 1.54) is 0 Å². The number of hydrogen-bond acceptors (Lipinski definition) is 3. The molecule has 0 aliphatic heterocycles. The average Bonchev–Trinajstić information content (AvgIpc) is 2.91. The molecule has 1 fully saturated rings. The Morgan fingerprint density at radius 2 is 2.29 bits per heavy atom. The van der Waals surface area contributed by atoms with Crippen molar-refractivity contribution >= 4 is 19.5 Å². The zero-order valence-electron chi connectivity index (χ0n) is 7.60. The molecule has 2 atom stereocenters. The van der Waals surface area contributed by atoms with Gasteiger partial charge in [0.05, 0.1) is 0 Å². The van der Waals surface area contributed by atoms with Gasteiger partial charge >= 0.3 is 0 Å². The van der Waals surface area contributed by atoms with Gasteiger partial charge in [-0.2, -0.15) is 0 Å². The lowest BCUT2D eigenvalue weighted by Gasteiger charge is -2.05. The molecule has 3 nitrogen and oxygen atoms in total. The Kier molecular flexibility index (Phi) is 2.27. The number of allylic oxidation sites excluding steroid dienone is 3. The van der Waals surface area contributed by atoms with Crippen LogP contribution in [-0.4, -0.2) is 26.1 Å². The molecule has 0 aromatic heterocycles. The molecule has 14 heavy (non-hydrogen) atoms. The minimum atomic E-state index is -0.914. The summed E-state index contributed by atoms with van der Waals surface area (Å²) in [6.45, 7) is -0.261. The third-order valence-corrected chi connectivity index (χ3v) is 2.48. The summed E-state index contributed by atoms with van der Waals surface area (Å²) in [5.74, 6) is 0.0459. The van der Waals surface area contributed by atoms with Crippen LogP contribution >= 0.6 is 0 Å². The van der Waals surface area contributed by atoms with E-state index < -0.39 is 5.87 Å². The second kappa shape index (κ2) is 3.44. The molecule has 0 bridgehead atoms. The first-order valence-electron chi connectivity index (χ1n) is 4.52. The van der Waals surface area contributed by atoms with Crippen LogP contribution in [0.3, 0.4) is 0 Å². The molecule has 2 aliphatic rings. The molecule has 2 unspecified atom stereocenters. The molecule has 0 N–H and O–H groups in total. The van der Waals surface area contributed by atoms with Gasteiger partial charge in [-0.15, -0.1) is 0 Å². The smallest absolute Gasteiger partial charge is 0.236 e. The Hall–Kier alpha value is -1.32. The van der Waals surface area contributed by atoms with Crippen molar-refractivity contribution in [3.63, 3.8) is 0 Å². The molecule has 0 spiro atoms. The first-order chi connectivity index (χ1) is 6.66. The van der Waals surface area contributed by atoms with Crippen molar-refractivity contribution in [3.8, 4) is 0 Å². The van der Waals surface area contributed by atoms with Crippen LogP contribution in [0.5, 0.6) is 0 Å². The third kappa shape index (κ3) is 1.95. The highest BCUT2D eigenvalue weighted by atomic mass is 16.5. The summed E-state index contributed by atoms with van der Waals surface area (Å²) in [6, 6.07) is 0. The summed E-state index contributed by atoms with van der Waals surface area (Å²) in [4.78, 5) is 21.7. The molecule has 0 saturated heterocycles. The van der Waals surface area contributed by atoms with Crippen LogP contribution in [0.25, 0.3) is 0 Å². The summed E-state index contributed by atoms with van der Waals surface area (Å²) in [5, 5.41) is 0. The minimum Gasteiger partial charge on any atom is -0.466 e. The summed E-state index contributed by atoms with van der Waals surface area (Å²) >= 11 is 0. The van der Waals surface area contributed by atoms with E-state index in [1.807, 2.05) is 12.2 Å². The zero-order valence-corrected chi connectivity index (χ0v) is 7.60. The summed E-state index contributed by atoms with van der Waals surface area (Å²) < 4.78 is 4.42. The van der Waals surface area contributed by atoms with Gasteiger partial charge in [-0.3, -0.25) is 9.59 Å². The average molecular weight is 188 g/mol. The van der Waals surface area contributed by atoms with E-state index >= 15 is 0 Å². The maximum absolute atomic E-state index is 11.4. The van der Waals surface area contributed by atoms with Crippen LogP contribution in [0.15, 0.2) is 23.8 Å². The Balaban J connectivity index is 1.92. The van der Waals surface area contributed by atoms with Crippen molar-refractivity contribution in [1.82, 2.24) is 0 Å². The highest BCUT2D eigenvalue weighted by molar-refractivity contribution is 6.55. The number of Topliss-reactive ketones (excluding diaryl/α,β-unsaturated/α-hetero) is 1. The molecule has 2 radical (unpaired) electrons. The number of rotatable bonds is 3. The first-order valence-corrected chi connectivity index (χ1v) is 4.52. The van der Waals surface area contributed by atoms with E-state index in [-0.39, 0.29) is 12.4 Å². The van der Waals surface area contributed by atoms with Gasteiger partial charge in [0.1, 0.15) is 0 Å². The zero-order chi connectivity index (χ0) is 10.1. The fourth-order valence-corrected chi connectivity index (χ4v) is 1.57. The van der Waals surface area contributed by atoms with Crippen LogP contribution in [0.2, 0.25) is 0 Å². The standard InChI is InChI=1S/C10H9BO3/c11-10(13)14-5-9(12)7-2-1-6-3-8(6)4-7/h1-2,4,6,8H,3,5H2.